The second-order valence-electron chi connectivity index (χ2n) is 5.10. The predicted octanol–water partition coefficient (Wildman–Crippen LogP) is 2.57. The Hall–Kier alpha value is -0.510. The molecule has 0 spiro atoms. The van der Waals surface area contributed by atoms with Gasteiger partial charge in [-0.05, 0) is 33.6 Å². The fourth-order valence-corrected chi connectivity index (χ4v) is 2.70. The molecule has 3 nitrogen and oxygen atoms in total. The van der Waals surface area contributed by atoms with Crippen LogP contribution in [0.2, 0.25) is 0 Å². The molecular weight excluding hydrogens is 224 g/mol. The van der Waals surface area contributed by atoms with Crippen molar-refractivity contribution in [1.82, 2.24) is 0 Å². The smallest absolute Gasteiger partial charge is 0.316 e. The van der Waals surface area contributed by atoms with E-state index in [-0.39, 0.29) is 17.0 Å². The molecular formula is C12H20O3S. The highest BCUT2D eigenvalue weighted by Gasteiger charge is 2.24. The number of esters is 1. The van der Waals surface area contributed by atoms with Crippen molar-refractivity contribution in [3.63, 3.8) is 0 Å². The summed E-state index contributed by atoms with van der Waals surface area (Å²) < 4.78 is 5.19. The van der Waals surface area contributed by atoms with Gasteiger partial charge < -0.3 is 4.74 Å². The van der Waals surface area contributed by atoms with Gasteiger partial charge in [0.15, 0.2) is 0 Å². The number of ketones is 1. The van der Waals surface area contributed by atoms with Crippen LogP contribution in [0.3, 0.4) is 0 Å². The molecule has 0 heterocycles. The molecule has 0 aromatic heterocycles. The number of hydrogen-bond acceptors (Lipinski definition) is 4. The van der Waals surface area contributed by atoms with E-state index in [2.05, 4.69) is 0 Å². The predicted molar refractivity (Wildman–Crippen MR) is 65.6 cm³/mol. The maximum atomic E-state index is 11.5. The molecule has 0 saturated heterocycles. The Balaban J connectivity index is 2.28. The van der Waals surface area contributed by atoms with Crippen LogP contribution in [0, 0.1) is 0 Å². The molecule has 16 heavy (non-hydrogen) atoms. The van der Waals surface area contributed by atoms with Crippen LogP contribution >= 0.6 is 11.8 Å². The van der Waals surface area contributed by atoms with E-state index in [0.29, 0.717) is 12.2 Å². The monoisotopic (exact) mass is 244 g/mol. The van der Waals surface area contributed by atoms with Crippen LogP contribution in [0.1, 0.15) is 46.5 Å². The summed E-state index contributed by atoms with van der Waals surface area (Å²) in [5, 5.41) is 0.0151. The number of ether oxygens (including phenoxy) is 1. The van der Waals surface area contributed by atoms with E-state index in [4.69, 9.17) is 4.74 Å². The number of rotatable bonds is 3. The van der Waals surface area contributed by atoms with E-state index in [1.165, 1.54) is 11.8 Å². The molecule has 0 radical (unpaired) electrons. The SMILES string of the molecule is CC(C)(C)OC(=O)CSC1CCCCC1=O. The Kier molecular flexibility index (Phi) is 4.84. The third kappa shape index (κ3) is 5.01. The topological polar surface area (TPSA) is 43.4 Å². The van der Waals surface area contributed by atoms with Crippen molar-refractivity contribution in [2.75, 3.05) is 5.75 Å². The summed E-state index contributed by atoms with van der Waals surface area (Å²) in [5.41, 5.74) is -0.436. The minimum absolute atomic E-state index is 0.0151. The number of carbonyl (C=O) groups excluding carboxylic acids is 2. The molecule has 1 fully saturated rings. The molecule has 1 atom stereocenters. The number of Topliss-reactive ketones (excluding diaryl/α,β-unsaturated/α-hetero) is 1. The highest BCUT2D eigenvalue weighted by molar-refractivity contribution is 8.01. The molecule has 1 aliphatic carbocycles. The summed E-state index contributed by atoms with van der Waals surface area (Å²) in [4.78, 5) is 23.0. The van der Waals surface area contributed by atoms with Crippen LogP contribution < -0.4 is 0 Å². The summed E-state index contributed by atoms with van der Waals surface area (Å²) in [6.45, 7) is 5.55. The Bertz CT molecular complexity index is 268. The van der Waals surface area contributed by atoms with Gasteiger partial charge in [0.1, 0.15) is 11.4 Å². The van der Waals surface area contributed by atoms with Crippen molar-refractivity contribution in [3.05, 3.63) is 0 Å². The third-order valence-electron chi connectivity index (χ3n) is 2.32. The molecule has 1 unspecified atom stereocenters. The fourth-order valence-electron chi connectivity index (χ4n) is 1.67. The first-order valence-corrected chi connectivity index (χ1v) is 6.79. The van der Waals surface area contributed by atoms with Gasteiger partial charge in [-0.2, -0.15) is 0 Å². The molecule has 1 rings (SSSR count). The Morgan fingerprint density at radius 1 is 1.44 bits per heavy atom. The average molecular weight is 244 g/mol. The van der Waals surface area contributed by atoms with E-state index >= 15 is 0 Å². The van der Waals surface area contributed by atoms with Crippen molar-refractivity contribution in [2.45, 2.75) is 57.3 Å². The lowest BCUT2D eigenvalue weighted by atomic mass is 9.99. The molecule has 1 aliphatic rings. The first-order chi connectivity index (χ1) is 7.38. The third-order valence-corrected chi connectivity index (χ3v) is 3.62. The maximum absolute atomic E-state index is 11.5. The van der Waals surface area contributed by atoms with Crippen molar-refractivity contribution < 1.29 is 14.3 Å². The van der Waals surface area contributed by atoms with E-state index in [9.17, 15) is 9.59 Å². The lowest BCUT2D eigenvalue weighted by molar-refractivity contribution is -0.151. The number of carbonyl (C=O) groups is 2. The summed E-state index contributed by atoms with van der Waals surface area (Å²) in [6, 6.07) is 0. The quantitative estimate of drug-likeness (QED) is 0.716. The lowest BCUT2D eigenvalue weighted by Crippen LogP contribution is -2.27. The van der Waals surface area contributed by atoms with Gasteiger partial charge in [0.05, 0.1) is 11.0 Å². The molecule has 0 N–H and O–H groups in total. The van der Waals surface area contributed by atoms with Crippen LogP contribution in [-0.4, -0.2) is 28.4 Å². The normalized spacial score (nSPS) is 21.9. The molecule has 92 valence electrons. The van der Waals surface area contributed by atoms with Gasteiger partial charge in [-0.25, -0.2) is 0 Å². The van der Waals surface area contributed by atoms with Gasteiger partial charge in [0.2, 0.25) is 0 Å². The van der Waals surface area contributed by atoms with Gasteiger partial charge in [-0.3, -0.25) is 9.59 Å². The molecule has 0 bridgehead atoms. The Labute approximate surface area is 101 Å². The van der Waals surface area contributed by atoms with E-state index in [1.54, 1.807) is 0 Å². The van der Waals surface area contributed by atoms with Gasteiger partial charge in [-0.1, -0.05) is 6.42 Å². The van der Waals surface area contributed by atoms with Crippen LogP contribution in [0.4, 0.5) is 0 Å². The fraction of sp³-hybridized carbons (Fsp3) is 0.833. The van der Waals surface area contributed by atoms with Crippen LogP contribution in [0.5, 0.6) is 0 Å². The van der Waals surface area contributed by atoms with Crippen molar-refractivity contribution in [1.29, 1.82) is 0 Å². The van der Waals surface area contributed by atoms with Gasteiger partial charge in [-0.15, -0.1) is 11.8 Å². The minimum atomic E-state index is -0.436. The standard InChI is InChI=1S/C12H20O3S/c1-12(2,3)15-11(14)8-16-10-7-5-4-6-9(10)13/h10H,4-8H2,1-3H3. The zero-order valence-electron chi connectivity index (χ0n) is 10.2. The summed E-state index contributed by atoms with van der Waals surface area (Å²) >= 11 is 1.43. The highest BCUT2D eigenvalue weighted by atomic mass is 32.2. The largest absolute Gasteiger partial charge is 0.459 e. The van der Waals surface area contributed by atoms with E-state index in [1.807, 2.05) is 20.8 Å². The minimum Gasteiger partial charge on any atom is -0.459 e. The molecule has 4 heteroatoms. The second-order valence-corrected chi connectivity index (χ2v) is 6.29. The zero-order valence-corrected chi connectivity index (χ0v) is 11.1. The van der Waals surface area contributed by atoms with Crippen molar-refractivity contribution in [2.24, 2.45) is 0 Å². The zero-order chi connectivity index (χ0) is 12.2. The van der Waals surface area contributed by atoms with Crippen LogP contribution in [0.15, 0.2) is 0 Å². The molecule has 0 amide bonds. The van der Waals surface area contributed by atoms with Crippen molar-refractivity contribution >= 4 is 23.5 Å². The summed E-state index contributed by atoms with van der Waals surface area (Å²) in [6.07, 6.45) is 3.68. The number of thioether (sulfide) groups is 1. The second kappa shape index (κ2) is 5.71. The van der Waals surface area contributed by atoms with E-state index < -0.39 is 5.60 Å². The van der Waals surface area contributed by atoms with Crippen LogP contribution in [-0.2, 0) is 14.3 Å². The molecule has 1 saturated carbocycles. The lowest BCUT2D eigenvalue weighted by Gasteiger charge is -2.22. The molecule has 0 aromatic carbocycles. The van der Waals surface area contributed by atoms with Crippen LogP contribution in [0.25, 0.3) is 0 Å². The highest BCUT2D eigenvalue weighted by Crippen LogP contribution is 2.26. The first-order valence-electron chi connectivity index (χ1n) is 5.74. The van der Waals surface area contributed by atoms with Crippen molar-refractivity contribution in [3.8, 4) is 0 Å². The van der Waals surface area contributed by atoms with E-state index in [0.717, 1.165) is 19.3 Å². The average Bonchev–Trinajstić information content (AvgIpc) is 2.14. The summed E-state index contributed by atoms with van der Waals surface area (Å²) in [5.74, 6) is 0.351. The Morgan fingerprint density at radius 3 is 2.69 bits per heavy atom. The molecule has 0 aromatic rings. The van der Waals surface area contributed by atoms with Gasteiger partial charge in [0.25, 0.3) is 0 Å². The number of hydrogen-bond donors (Lipinski definition) is 0. The first kappa shape index (κ1) is 13.6. The maximum Gasteiger partial charge on any atom is 0.316 e. The van der Waals surface area contributed by atoms with Gasteiger partial charge >= 0.3 is 5.97 Å². The Morgan fingerprint density at radius 2 is 2.12 bits per heavy atom. The van der Waals surface area contributed by atoms with Gasteiger partial charge in [0, 0.05) is 6.42 Å². The summed E-state index contributed by atoms with van der Waals surface area (Å²) in [7, 11) is 0. The molecule has 0 aliphatic heterocycles.